The lowest BCUT2D eigenvalue weighted by Gasteiger charge is -2.07. The van der Waals surface area contributed by atoms with Crippen molar-refractivity contribution in [3.63, 3.8) is 0 Å². The monoisotopic (exact) mass is 328 g/mol. The zero-order chi connectivity index (χ0) is 14.2. The SMILES string of the molecule is CCn1ncc(Br)c1C(=O)c1cc(C)c(F)cc1F. The third kappa shape index (κ3) is 2.45. The van der Waals surface area contributed by atoms with E-state index in [4.69, 9.17) is 0 Å². The van der Waals surface area contributed by atoms with Crippen LogP contribution in [0, 0.1) is 18.6 Å². The average molecular weight is 329 g/mol. The Balaban J connectivity index is 2.56. The van der Waals surface area contributed by atoms with Crippen LogP contribution in [0.5, 0.6) is 0 Å². The molecule has 0 fully saturated rings. The zero-order valence-electron chi connectivity index (χ0n) is 10.4. The van der Waals surface area contributed by atoms with Gasteiger partial charge in [-0.15, -0.1) is 0 Å². The fraction of sp³-hybridized carbons (Fsp3) is 0.231. The Morgan fingerprint density at radius 3 is 2.68 bits per heavy atom. The molecule has 0 N–H and O–H groups in total. The minimum absolute atomic E-state index is 0.158. The van der Waals surface area contributed by atoms with Gasteiger partial charge in [0.1, 0.15) is 17.3 Å². The van der Waals surface area contributed by atoms with E-state index in [1.54, 1.807) is 0 Å². The van der Waals surface area contributed by atoms with Crippen molar-refractivity contribution in [1.82, 2.24) is 9.78 Å². The molecule has 0 saturated carbocycles. The van der Waals surface area contributed by atoms with Crippen LogP contribution in [-0.2, 0) is 6.54 Å². The Morgan fingerprint density at radius 2 is 2.05 bits per heavy atom. The molecule has 100 valence electrons. The number of hydrogen-bond donors (Lipinski definition) is 0. The molecule has 6 heteroatoms. The Morgan fingerprint density at radius 1 is 1.37 bits per heavy atom. The highest BCUT2D eigenvalue weighted by Crippen LogP contribution is 2.23. The molecule has 0 aliphatic rings. The summed E-state index contributed by atoms with van der Waals surface area (Å²) in [4.78, 5) is 12.3. The number of rotatable bonds is 3. The number of carbonyl (C=O) groups is 1. The van der Waals surface area contributed by atoms with Crippen molar-refractivity contribution in [2.75, 3.05) is 0 Å². The van der Waals surface area contributed by atoms with Crippen molar-refractivity contribution >= 4 is 21.7 Å². The van der Waals surface area contributed by atoms with Crippen LogP contribution in [0.2, 0.25) is 0 Å². The fourth-order valence-corrected chi connectivity index (χ4v) is 2.26. The fourth-order valence-electron chi connectivity index (χ4n) is 1.79. The molecule has 0 saturated heterocycles. The number of halogens is 3. The normalized spacial score (nSPS) is 10.8. The largest absolute Gasteiger partial charge is 0.287 e. The first-order chi connectivity index (χ1) is 8.95. The number of hydrogen-bond acceptors (Lipinski definition) is 2. The van der Waals surface area contributed by atoms with Gasteiger partial charge in [0, 0.05) is 12.6 Å². The third-order valence-electron chi connectivity index (χ3n) is 2.80. The van der Waals surface area contributed by atoms with E-state index in [9.17, 15) is 13.6 Å². The van der Waals surface area contributed by atoms with Gasteiger partial charge in [-0.1, -0.05) is 0 Å². The minimum Gasteiger partial charge on any atom is -0.287 e. The first-order valence-corrected chi connectivity index (χ1v) is 6.46. The van der Waals surface area contributed by atoms with Crippen LogP contribution in [-0.4, -0.2) is 15.6 Å². The molecule has 1 aromatic carbocycles. The molecular weight excluding hydrogens is 318 g/mol. The van der Waals surface area contributed by atoms with Crippen LogP contribution >= 0.6 is 15.9 Å². The smallest absolute Gasteiger partial charge is 0.215 e. The summed E-state index contributed by atoms with van der Waals surface area (Å²) in [6.45, 7) is 3.79. The van der Waals surface area contributed by atoms with Crippen molar-refractivity contribution in [1.29, 1.82) is 0 Å². The maximum absolute atomic E-state index is 13.7. The minimum atomic E-state index is -0.871. The maximum atomic E-state index is 13.7. The molecule has 2 aromatic rings. The van der Waals surface area contributed by atoms with Crippen LogP contribution in [0.1, 0.15) is 28.5 Å². The summed E-state index contributed by atoms with van der Waals surface area (Å²) in [5.41, 5.74) is 0.325. The van der Waals surface area contributed by atoms with Crippen molar-refractivity contribution in [3.05, 3.63) is 51.3 Å². The summed E-state index contributed by atoms with van der Waals surface area (Å²) >= 11 is 3.21. The van der Waals surface area contributed by atoms with E-state index in [-0.39, 0.29) is 16.8 Å². The summed E-state index contributed by atoms with van der Waals surface area (Å²) < 4.78 is 28.9. The van der Waals surface area contributed by atoms with E-state index >= 15 is 0 Å². The van der Waals surface area contributed by atoms with Crippen molar-refractivity contribution in [3.8, 4) is 0 Å². The summed E-state index contributed by atoms with van der Waals surface area (Å²) in [7, 11) is 0. The molecule has 0 spiro atoms. The van der Waals surface area contributed by atoms with E-state index in [1.165, 1.54) is 23.9 Å². The Hall–Kier alpha value is -1.56. The van der Waals surface area contributed by atoms with Crippen LogP contribution in [0.4, 0.5) is 8.78 Å². The van der Waals surface area contributed by atoms with Crippen LogP contribution in [0.15, 0.2) is 22.8 Å². The lowest BCUT2D eigenvalue weighted by Crippen LogP contribution is -2.13. The van der Waals surface area contributed by atoms with E-state index in [2.05, 4.69) is 21.0 Å². The summed E-state index contributed by atoms with van der Waals surface area (Å²) in [6.07, 6.45) is 1.48. The molecule has 0 bridgehead atoms. The highest BCUT2D eigenvalue weighted by Gasteiger charge is 2.22. The lowest BCUT2D eigenvalue weighted by atomic mass is 10.0. The lowest BCUT2D eigenvalue weighted by molar-refractivity contribution is 0.102. The van der Waals surface area contributed by atoms with Gasteiger partial charge in [0.05, 0.1) is 16.2 Å². The van der Waals surface area contributed by atoms with Gasteiger partial charge in [-0.3, -0.25) is 9.48 Å². The van der Waals surface area contributed by atoms with E-state index in [0.29, 0.717) is 11.0 Å². The van der Waals surface area contributed by atoms with Gasteiger partial charge in [-0.25, -0.2) is 8.78 Å². The molecular formula is C13H11BrF2N2O. The number of carbonyl (C=O) groups excluding carboxylic acids is 1. The molecule has 0 aliphatic heterocycles. The number of aryl methyl sites for hydroxylation is 2. The van der Waals surface area contributed by atoms with E-state index in [1.807, 2.05) is 6.92 Å². The second-order valence-corrected chi connectivity index (χ2v) is 4.92. The molecule has 1 aromatic heterocycles. The second-order valence-electron chi connectivity index (χ2n) is 4.07. The number of ketones is 1. The zero-order valence-corrected chi connectivity index (χ0v) is 12.0. The van der Waals surface area contributed by atoms with Gasteiger partial charge in [0.25, 0.3) is 0 Å². The molecule has 2 rings (SSSR count). The first-order valence-electron chi connectivity index (χ1n) is 5.67. The van der Waals surface area contributed by atoms with E-state index < -0.39 is 17.4 Å². The molecule has 19 heavy (non-hydrogen) atoms. The molecule has 0 aliphatic carbocycles. The van der Waals surface area contributed by atoms with Crippen molar-refractivity contribution < 1.29 is 13.6 Å². The predicted molar refractivity (Wildman–Crippen MR) is 70.1 cm³/mol. The molecule has 0 atom stereocenters. The van der Waals surface area contributed by atoms with Crippen molar-refractivity contribution in [2.45, 2.75) is 20.4 Å². The number of nitrogens with zero attached hydrogens (tertiary/aromatic N) is 2. The third-order valence-corrected chi connectivity index (χ3v) is 3.38. The molecule has 1 heterocycles. The highest BCUT2D eigenvalue weighted by atomic mass is 79.9. The molecule has 0 amide bonds. The number of benzene rings is 1. The van der Waals surface area contributed by atoms with Gasteiger partial charge in [-0.05, 0) is 41.4 Å². The van der Waals surface area contributed by atoms with Crippen LogP contribution in [0.25, 0.3) is 0 Å². The van der Waals surface area contributed by atoms with Crippen molar-refractivity contribution in [2.24, 2.45) is 0 Å². The van der Waals surface area contributed by atoms with Gasteiger partial charge in [-0.2, -0.15) is 5.10 Å². The summed E-state index contributed by atoms with van der Waals surface area (Å²) in [5.74, 6) is -2.06. The maximum Gasteiger partial charge on any atom is 0.215 e. The predicted octanol–water partition coefficient (Wildman–Crippen LogP) is 3.48. The summed E-state index contributed by atoms with van der Waals surface area (Å²) in [6, 6.07) is 1.94. The Labute approximate surface area is 117 Å². The second kappa shape index (κ2) is 5.21. The summed E-state index contributed by atoms with van der Waals surface area (Å²) in [5, 5.41) is 4.00. The average Bonchev–Trinajstić information content (AvgIpc) is 2.74. The van der Waals surface area contributed by atoms with Gasteiger partial charge >= 0.3 is 0 Å². The Kier molecular flexibility index (Phi) is 3.80. The number of aromatic nitrogens is 2. The van der Waals surface area contributed by atoms with Gasteiger partial charge in [0.2, 0.25) is 5.78 Å². The van der Waals surface area contributed by atoms with Crippen LogP contribution < -0.4 is 0 Å². The Bertz CT molecular complexity index is 652. The van der Waals surface area contributed by atoms with Crippen LogP contribution in [0.3, 0.4) is 0 Å². The molecule has 3 nitrogen and oxygen atoms in total. The van der Waals surface area contributed by atoms with Gasteiger partial charge in [0.15, 0.2) is 0 Å². The first kappa shape index (κ1) is 13.9. The highest BCUT2D eigenvalue weighted by molar-refractivity contribution is 9.10. The standard InChI is InChI=1S/C13H11BrF2N2O/c1-3-18-12(9(14)6-17-18)13(19)8-4-7(2)10(15)5-11(8)16/h4-6H,3H2,1-2H3. The molecule has 0 radical (unpaired) electrons. The quantitative estimate of drug-likeness (QED) is 0.808. The topological polar surface area (TPSA) is 34.9 Å². The van der Waals surface area contributed by atoms with E-state index in [0.717, 1.165) is 6.07 Å². The molecule has 0 unspecified atom stereocenters. The van der Waals surface area contributed by atoms with Gasteiger partial charge < -0.3 is 0 Å².